The number of rotatable bonds is 7. The number of aromatic nitrogens is 2. The van der Waals surface area contributed by atoms with Gasteiger partial charge in [0.15, 0.2) is 0 Å². The molecule has 3 aromatic carbocycles. The minimum Gasteiger partial charge on any atom is -0.497 e. The van der Waals surface area contributed by atoms with Gasteiger partial charge in [-0.3, -0.25) is 14.4 Å². The minimum absolute atomic E-state index is 0.0925. The molecule has 1 aliphatic heterocycles. The van der Waals surface area contributed by atoms with Crippen molar-refractivity contribution in [1.82, 2.24) is 19.8 Å². The number of methoxy groups -OCH3 is 1. The number of anilines is 1. The summed E-state index contributed by atoms with van der Waals surface area (Å²) in [6, 6.07) is 19.6. The molecule has 2 heterocycles. The number of carbonyl (C=O) groups excluding carboxylic acids is 2. The van der Waals surface area contributed by atoms with Gasteiger partial charge in [0.05, 0.1) is 35.1 Å². The summed E-state index contributed by atoms with van der Waals surface area (Å²) in [5, 5.41) is 6.81. The fourth-order valence-electron chi connectivity index (χ4n) is 6.03. The second-order valence-electron chi connectivity index (χ2n) is 11.5. The molecule has 1 fully saturated rings. The first kappa shape index (κ1) is 30.7. The van der Waals surface area contributed by atoms with Crippen molar-refractivity contribution in [2.45, 2.75) is 50.7 Å². The van der Waals surface area contributed by atoms with Gasteiger partial charge in [0.25, 0.3) is 17.4 Å². The number of halogens is 2. The highest BCUT2D eigenvalue weighted by molar-refractivity contribution is 6.42. The maximum absolute atomic E-state index is 14.2. The third kappa shape index (κ3) is 6.02. The molecule has 6 rings (SSSR count). The first-order valence-corrected chi connectivity index (χ1v) is 15.6. The smallest absolute Gasteiger partial charge is 0.263 e. The van der Waals surface area contributed by atoms with E-state index in [1.807, 2.05) is 19.1 Å². The Morgan fingerprint density at radius 3 is 2.29 bits per heavy atom. The molecule has 1 aliphatic carbocycles. The molecule has 2 amide bonds. The van der Waals surface area contributed by atoms with E-state index in [9.17, 15) is 14.4 Å². The van der Waals surface area contributed by atoms with Crippen molar-refractivity contribution in [3.05, 3.63) is 115 Å². The SMILES string of the molecule is CNC(=O)c1ccc(-n2c(NC3CC(c4ccc(OC)cc4)C3)nc3c(c2=O)C[C@@H](C)N(C(=O)c2ccc(Cl)c(Cl)c2)C3)cc1. The molecule has 0 spiro atoms. The van der Waals surface area contributed by atoms with Gasteiger partial charge in [-0.2, -0.15) is 0 Å². The third-order valence-electron chi connectivity index (χ3n) is 8.71. The number of hydrogen-bond donors (Lipinski definition) is 2. The largest absolute Gasteiger partial charge is 0.497 e. The van der Waals surface area contributed by atoms with Gasteiger partial charge < -0.3 is 20.3 Å². The predicted octanol–water partition coefficient (Wildman–Crippen LogP) is 5.85. The molecular formula is C34H33Cl2N5O4. The van der Waals surface area contributed by atoms with Gasteiger partial charge in [-0.15, -0.1) is 0 Å². The predicted molar refractivity (Wildman–Crippen MR) is 175 cm³/mol. The first-order valence-electron chi connectivity index (χ1n) is 14.8. The van der Waals surface area contributed by atoms with Crippen LogP contribution in [0.25, 0.3) is 5.69 Å². The number of amides is 2. The summed E-state index contributed by atoms with van der Waals surface area (Å²) in [7, 11) is 3.23. The van der Waals surface area contributed by atoms with Crippen LogP contribution < -0.4 is 20.9 Å². The highest BCUT2D eigenvalue weighted by atomic mass is 35.5. The number of fused-ring (bicyclic) bond motifs is 1. The molecule has 0 radical (unpaired) electrons. The van der Waals surface area contributed by atoms with Gasteiger partial charge in [-0.05, 0) is 92.3 Å². The fourth-order valence-corrected chi connectivity index (χ4v) is 6.33. The first-order chi connectivity index (χ1) is 21.7. The van der Waals surface area contributed by atoms with Crippen molar-refractivity contribution in [3.63, 3.8) is 0 Å². The summed E-state index contributed by atoms with van der Waals surface area (Å²) < 4.78 is 6.87. The molecule has 1 atom stereocenters. The summed E-state index contributed by atoms with van der Waals surface area (Å²) in [6.45, 7) is 2.09. The van der Waals surface area contributed by atoms with Crippen LogP contribution in [0.5, 0.6) is 5.75 Å². The van der Waals surface area contributed by atoms with Crippen molar-refractivity contribution < 1.29 is 14.3 Å². The number of benzene rings is 3. The van der Waals surface area contributed by atoms with E-state index in [4.69, 9.17) is 32.9 Å². The average molecular weight is 647 g/mol. The maximum atomic E-state index is 14.2. The molecule has 0 unspecified atom stereocenters. The molecular weight excluding hydrogens is 613 g/mol. The molecule has 9 nitrogen and oxygen atoms in total. The van der Waals surface area contributed by atoms with E-state index in [1.54, 1.807) is 66.1 Å². The number of ether oxygens (including phenoxy) is 1. The van der Waals surface area contributed by atoms with E-state index >= 15 is 0 Å². The van der Waals surface area contributed by atoms with Crippen molar-refractivity contribution in [1.29, 1.82) is 0 Å². The van der Waals surface area contributed by atoms with E-state index in [0.717, 1.165) is 18.6 Å². The third-order valence-corrected chi connectivity index (χ3v) is 9.45. The molecule has 2 N–H and O–H groups in total. The van der Waals surface area contributed by atoms with Crippen molar-refractivity contribution in [2.75, 3.05) is 19.5 Å². The monoisotopic (exact) mass is 645 g/mol. The number of nitrogens with zero attached hydrogens (tertiary/aromatic N) is 3. The maximum Gasteiger partial charge on any atom is 0.263 e. The molecule has 0 bridgehead atoms. The Hall–Kier alpha value is -4.34. The molecule has 4 aromatic rings. The van der Waals surface area contributed by atoms with Gasteiger partial charge in [-0.1, -0.05) is 35.3 Å². The Morgan fingerprint density at radius 1 is 0.956 bits per heavy atom. The Morgan fingerprint density at radius 2 is 1.64 bits per heavy atom. The Bertz CT molecular complexity index is 1820. The van der Waals surface area contributed by atoms with Crippen LogP contribution in [0.3, 0.4) is 0 Å². The van der Waals surface area contributed by atoms with Crippen LogP contribution in [-0.4, -0.2) is 52.5 Å². The van der Waals surface area contributed by atoms with Gasteiger partial charge in [-0.25, -0.2) is 9.55 Å². The van der Waals surface area contributed by atoms with Gasteiger partial charge >= 0.3 is 0 Å². The van der Waals surface area contributed by atoms with Crippen LogP contribution in [0, 0.1) is 0 Å². The van der Waals surface area contributed by atoms with Crippen LogP contribution in [-0.2, 0) is 13.0 Å². The molecule has 1 saturated carbocycles. The van der Waals surface area contributed by atoms with Crippen LogP contribution in [0.2, 0.25) is 10.0 Å². The van der Waals surface area contributed by atoms with Crippen LogP contribution in [0.4, 0.5) is 5.95 Å². The van der Waals surface area contributed by atoms with Gasteiger partial charge in [0, 0.05) is 35.8 Å². The number of carbonyl (C=O) groups is 2. The van der Waals surface area contributed by atoms with Crippen molar-refractivity contribution >= 4 is 41.0 Å². The van der Waals surface area contributed by atoms with Crippen molar-refractivity contribution in [3.8, 4) is 11.4 Å². The van der Waals surface area contributed by atoms with E-state index in [1.165, 1.54) is 5.56 Å². The van der Waals surface area contributed by atoms with Gasteiger partial charge in [0.2, 0.25) is 5.95 Å². The Labute approximate surface area is 271 Å². The lowest BCUT2D eigenvalue weighted by atomic mass is 9.76. The summed E-state index contributed by atoms with van der Waals surface area (Å²) >= 11 is 12.3. The van der Waals surface area contributed by atoms with Crippen molar-refractivity contribution in [2.24, 2.45) is 0 Å². The zero-order valence-corrected chi connectivity index (χ0v) is 26.7. The van der Waals surface area contributed by atoms with E-state index in [-0.39, 0.29) is 36.0 Å². The normalized spacial score (nSPS) is 18.9. The zero-order valence-electron chi connectivity index (χ0n) is 25.1. The summed E-state index contributed by atoms with van der Waals surface area (Å²) in [6.07, 6.45) is 2.08. The highest BCUT2D eigenvalue weighted by Gasteiger charge is 2.35. The lowest BCUT2D eigenvalue weighted by molar-refractivity contribution is 0.0653. The molecule has 45 heavy (non-hydrogen) atoms. The fraction of sp³-hybridized carbons (Fsp3) is 0.294. The summed E-state index contributed by atoms with van der Waals surface area (Å²) in [5.41, 5.74) is 3.65. The highest BCUT2D eigenvalue weighted by Crippen LogP contribution is 2.39. The van der Waals surface area contributed by atoms with Gasteiger partial charge in [0.1, 0.15) is 5.75 Å². The molecule has 232 valence electrons. The number of hydrogen-bond acceptors (Lipinski definition) is 6. The molecule has 0 saturated heterocycles. The average Bonchev–Trinajstić information content (AvgIpc) is 3.03. The second-order valence-corrected chi connectivity index (χ2v) is 12.3. The zero-order chi connectivity index (χ0) is 31.8. The Kier molecular flexibility index (Phi) is 8.57. The topological polar surface area (TPSA) is 106 Å². The molecule has 11 heteroatoms. The van der Waals surface area contributed by atoms with Crippen LogP contribution in [0.1, 0.15) is 63.2 Å². The Balaban J connectivity index is 1.32. The van der Waals surface area contributed by atoms with Crippen LogP contribution in [0.15, 0.2) is 71.5 Å². The quantitative estimate of drug-likeness (QED) is 0.261. The minimum atomic E-state index is -0.256. The van der Waals surface area contributed by atoms with E-state index < -0.39 is 0 Å². The number of nitrogens with one attached hydrogen (secondary N) is 2. The lowest BCUT2D eigenvalue weighted by Gasteiger charge is -2.38. The molecule has 2 aliphatic rings. The second kappa shape index (κ2) is 12.6. The van der Waals surface area contributed by atoms with Crippen LogP contribution >= 0.6 is 23.2 Å². The van der Waals surface area contributed by atoms with E-state index in [2.05, 4.69) is 22.8 Å². The summed E-state index contributed by atoms with van der Waals surface area (Å²) in [4.78, 5) is 46.6. The lowest BCUT2D eigenvalue weighted by Crippen LogP contribution is -2.46. The van der Waals surface area contributed by atoms with E-state index in [0.29, 0.717) is 56.4 Å². The summed E-state index contributed by atoms with van der Waals surface area (Å²) in [5.74, 6) is 1.17. The standard InChI is InChI=1S/C34H33Cl2N5O4/c1-19-14-27-30(18-40(19)32(43)22-8-13-28(35)29(36)17-22)39-34(38-24-15-23(16-24)20-6-11-26(45-3)12-7-20)41(33(27)44)25-9-4-21(5-10-25)31(42)37-2/h4-13,17,19,23-24H,14-16,18H2,1-3H3,(H,37,42)(H,38,39)/t19-,23?,24?/m1/s1. The molecule has 1 aromatic heterocycles.